The Kier molecular flexibility index (Phi) is 4.29. The Hall–Kier alpha value is -2.57. The molecule has 3 heterocycles. The third-order valence-electron chi connectivity index (χ3n) is 4.60. The molecule has 1 amide bonds. The van der Waals surface area contributed by atoms with E-state index in [1.54, 1.807) is 29.4 Å². The summed E-state index contributed by atoms with van der Waals surface area (Å²) in [6.07, 6.45) is 0.912. The summed E-state index contributed by atoms with van der Waals surface area (Å²) < 4.78 is 10.9. The van der Waals surface area contributed by atoms with Gasteiger partial charge in [0.25, 0.3) is 5.91 Å². The molecule has 1 aromatic carbocycles. The number of hydrogen-bond donors (Lipinski definition) is 1. The molecule has 25 heavy (non-hydrogen) atoms. The summed E-state index contributed by atoms with van der Waals surface area (Å²) in [6, 6.07) is 12.9. The second kappa shape index (κ2) is 6.74. The summed E-state index contributed by atoms with van der Waals surface area (Å²) in [6.45, 7) is 3.15. The van der Waals surface area contributed by atoms with Crippen LogP contribution in [-0.4, -0.2) is 53.5 Å². The first kappa shape index (κ1) is 15.9. The molecule has 0 radical (unpaired) electrons. The maximum absolute atomic E-state index is 12.6. The summed E-state index contributed by atoms with van der Waals surface area (Å²) in [5.74, 6) is 0.869. The lowest BCUT2D eigenvalue weighted by Crippen LogP contribution is -2.49. The Bertz CT molecular complexity index is 814. The number of amides is 1. The van der Waals surface area contributed by atoms with E-state index in [1.807, 2.05) is 24.3 Å². The zero-order valence-corrected chi connectivity index (χ0v) is 13.8. The van der Waals surface area contributed by atoms with Gasteiger partial charge in [-0.25, -0.2) is 0 Å². The Morgan fingerprint density at radius 2 is 1.92 bits per heavy atom. The fourth-order valence-electron chi connectivity index (χ4n) is 3.19. The molecule has 1 aliphatic rings. The number of carbonyl (C=O) groups is 1. The van der Waals surface area contributed by atoms with Crippen LogP contribution in [0.3, 0.4) is 0 Å². The Morgan fingerprint density at radius 3 is 2.64 bits per heavy atom. The molecule has 1 saturated heterocycles. The molecular formula is C19H20N2O4. The van der Waals surface area contributed by atoms with Crippen molar-refractivity contribution in [1.29, 1.82) is 0 Å². The molecule has 3 aromatic rings. The van der Waals surface area contributed by atoms with Crippen molar-refractivity contribution < 1.29 is 18.7 Å². The molecule has 1 fully saturated rings. The number of benzene rings is 1. The van der Waals surface area contributed by atoms with Crippen LogP contribution in [0.5, 0.6) is 0 Å². The number of aliphatic hydroxyl groups excluding tert-OH is 1. The number of nitrogens with zero attached hydrogens (tertiary/aromatic N) is 2. The summed E-state index contributed by atoms with van der Waals surface area (Å²) >= 11 is 0. The van der Waals surface area contributed by atoms with Crippen molar-refractivity contribution in [2.24, 2.45) is 0 Å². The van der Waals surface area contributed by atoms with Crippen molar-refractivity contribution in [2.45, 2.75) is 6.10 Å². The van der Waals surface area contributed by atoms with Gasteiger partial charge in [-0.2, -0.15) is 0 Å². The van der Waals surface area contributed by atoms with Crippen LogP contribution >= 0.6 is 0 Å². The van der Waals surface area contributed by atoms with Gasteiger partial charge in [0.1, 0.15) is 17.4 Å². The predicted molar refractivity (Wildman–Crippen MR) is 92.2 cm³/mol. The number of piperazine rings is 1. The first-order chi connectivity index (χ1) is 12.2. The lowest BCUT2D eigenvalue weighted by Gasteiger charge is -2.34. The van der Waals surface area contributed by atoms with Crippen LogP contribution in [-0.2, 0) is 0 Å². The minimum absolute atomic E-state index is 0.0811. The number of rotatable bonds is 4. The molecule has 0 bridgehead atoms. The van der Waals surface area contributed by atoms with Crippen LogP contribution in [0.1, 0.15) is 22.4 Å². The number of hydrogen-bond acceptors (Lipinski definition) is 5. The normalized spacial score (nSPS) is 17.1. The van der Waals surface area contributed by atoms with E-state index < -0.39 is 6.10 Å². The first-order valence-corrected chi connectivity index (χ1v) is 8.42. The minimum Gasteiger partial charge on any atom is -0.467 e. The molecule has 1 N–H and O–H groups in total. The summed E-state index contributed by atoms with van der Waals surface area (Å²) in [4.78, 5) is 16.6. The molecular weight excluding hydrogens is 320 g/mol. The maximum atomic E-state index is 12.6. The third kappa shape index (κ3) is 3.31. The Morgan fingerprint density at radius 1 is 1.12 bits per heavy atom. The lowest BCUT2D eigenvalue weighted by atomic mass is 10.2. The standard InChI is InChI=1S/C19H20N2O4/c22-15(17-6-3-11-24-17)13-20-7-9-21(10-8-20)19(23)18-12-14-4-1-2-5-16(14)25-18/h1-6,11-12,15,22H,7-10,13H2/t15-/m1/s1. The topological polar surface area (TPSA) is 70.1 Å². The molecule has 4 rings (SSSR count). The van der Waals surface area contributed by atoms with Gasteiger partial charge in [-0.15, -0.1) is 0 Å². The van der Waals surface area contributed by atoms with Crippen molar-refractivity contribution in [3.05, 3.63) is 60.2 Å². The molecule has 130 valence electrons. The summed E-state index contributed by atoms with van der Waals surface area (Å²) in [5.41, 5.74) is 0.728. The van der Waals surface area contributed by atoms with Crippen molar-refractivity contribution in [1.82, 2.24) is 9.80 Å². The van der Waals surface area contributed by atoms with Gasteiger partial charge < -0.3 is 18.8 Å². The van der Waals surface area contributed by atoms with Gasteiger partial charge in [0, 0.05) is 38.1 Å². The van der Waals surface area contributed by atoms with Crippen molar-refractivity contribution in [3.63, 3.8) is 0 Å². The van der Waals surface area contributed by atoms with Gasteiger partial charge in [0.2, 0.25) is 0 Å². The molecule has 0 spiro atoms. The number of carbonyl (C=O) groups excluding carboxylic acids is 1. The fourth-order valence-corrected chi connectivity index (χ4v) is 3.19. The zero-order valence-electron chi connectivity index (χ0n) is 13.8. The first-order valence-electron chi connectivity index (χ1n) is 8.42. The largest absolute Gasteiger partial charge is 0.467 e. The molecule has 6 heteroatoms. The number of para-hydroxylation sites is 1. The van der Waals surface area contributed by atoms with E-state index in [9.17, 15) is 9.90 Å². The quantitative estimate of drug-likeness (QED) is 0.790. The highest BCUT2D eigenvalue weighted by molar-refractivity contribution is 5.96. The Labute approximate surface area is 145 Å². The molecule has 0 aliphatic carbocycles. The molecule has 2 aromatic heterocycles. The number of β-amino-alcohol motifs (C(OH)–C–C–N with tert-alkyl or cyclic N) is 1. The van der Waals surface area contributed by atoms with E-state index in [4.69, 9.17) is 8.83 Å². The second-order valence-electron chi connectivity index (χ2n) is 6.27. The molecule has 6 nitrogen and oxygen atoms in total. The van der Waals surface area contributed by atoms with E-state index in [2.05, 4.69) is 4.90 Å². The predicted octanol–water partition coefficient (Wildman–Crippen LogP) is 2.52. The minimum atomic E-state index is -0.646. The molecule has 1 atom stereocenters. The van der Waals surface area contributed by atoms with E-state index in [-0.39, 0.29) is 5.91 Å². The van der Waals surface area contributed by atoms with Gasteiger partial charge in [-0.3, -0.25) is 9.69 Å². The zero-order chi connectivity index (χ0) is 17.2. The number of aliphatic hydroxyl groups is 1. The van der Waals surface area contributed by atoms with Crippen molar-refractivity contribution in [2.75, 3.05) is 32.7 Å². The van der Waals surface area contributed by atoms with Crippen molar-refractivity contribution >= 4 is 16.9 Å². The molecule has 0 unspecified atom stereocenters. The highest BCUT2D eigenvalue weighted by Gasteiger charge is 2.26. The van der Waals surface area contributed by atoms with Gasteiger partial charge in [0.15, 0.2) is 5.76 Å². The van der Waals surface area contributed by atoms with Crippen LogP contribution in [0.4, 0.5) is 0 Å². The van der Waals surface area contributed by atoms with Crippen LogP contribution in [0.2, 0.25) is 0 Å². The highest BCUT2D eigenvalue weighted by atomic mass is 16.4. The average molecular weight is 340 g/mol. The number of furan rings is 2. The van der Waals surface area contributed by atoms with Crippen LogP contribution in [0.15, 0.2) is 57.6 Å². The van der Waals surface area contributed by atoms with Gasteiger partial charge in [-0.05, 0) is 24.3 Å². The summed E-state index contributed by atoms with van der Waals surface area (Å²) in [5, 5.41) is 11.1. The highest BCUT2D eigenvalue weighted by Crippen LogP contribution is 2.21. The third-order valence-corrected chi connectivity index (χ3v) is 4.60. The molecule has 1 aliphatic heterocycles. The van der Waals surface area contributed by atoms with Crippen LogP contribution in [0.25, 0.3) is 11.0 Å². The van der Waals surface area contributed by atoms with E-state index in [0.29, 0.717) is 44.2 Å². The molecule has 0 saturated carbocycles. The summed E-state index contributed by atoms with van der Waals surface area (Å²) in [7, 11) is 0. The van der Waals surface area contributed by atoms with E-state index >= 15 is 0 Å². The number of fused-ring (bicyclic) bond motifs is 1. The SMILES string of the molecule is O=C(c1cc2ccccc2o1)N1CCN(C[C@@H](O)c2ccco2)CC1. The second-order valence-corrected chi connectivity index (χ2v) is 6.27. The monoisotopic (exact) mass is 340 g/mol. The van der Waals surface area contributed by atoms with E-state index in [1.165, 1.54) is 0 Å². The van der Waals surface area contributed by atoms with Crippen LogP contribution < -0.4 is 0 Å². The smallest absolute Gasteiger partial charge is 0.289 e. The maximum Gasteiger partial charge on any atom is 0.289 e. The van der Waals surface area contributed by atoms with Gasteiger partial charge in [0.05, 0.1) is 6.26 Å². The fraction of sp³-hybridized carbons (Fsp3) is 0.316. The van der Waals surface area contributed by atoms with Crippen molar-refractivity contribution in [3.8, 4) is 0 Å². The van der Waals surface area contributed by atoms with Gasteiger partial charge in [-0.1, -0.05) is 18.2 Å². The lowest BCUT2D eigenvalue weighted by molar-refractivity contribution is 0.0467. The van der Waals surface area contributed by atoms with E-state index in [0.717, 1.165) is 11.0 Å². The average Bonchev–Trinajstić information content (AvgIpc) is 3.31. The van der Waals surface area contributed by atoms with Crippen LogP contribution in [0, 0.1) is 0 Å². The Balaban J connectivity index is 1.35. The van der Waals surface area contributed by atoms with Gasteiger partial charge >= 0.3 is 0 Å².